The van der Waals surface area contributed by atoms with Crippen molar-refractivity contribution in [1.82, 2.24) is 4.98 Å². The maximum atomic E-state index is 12.5. The average Bonchev–Trinajstić information content (AvgIpc) is 2.98. The number of amides is 1. The molecule has 0 saturated heterocycles. The smallest absolute Gasteiger partial charge is 0.233 e. The molecule has 4 nitrogen and oxygen atoms in total. The summed E-state index contributed by atoms with van der Waals surface area (Å²) in [6.45, 7) is 2.54. The molecule has 0 bridgehead atoms. The summed E-state index contributed by atoms with van der Waals surface area (Å²) in [5.74, 6) is 0.0536. The number of anilines is 1. The Labute approximate surface area is 152 Å². The van der Waals surface area contributed by atoms with Crippen LogP contribution in [-0.2, 0) is 17.8 Å². The van der Waals surface area contributed by atoms with Gasteiger partial charge in [-0.05, 0) is 36.2 Å². The van der Waals surface area contributed by atoms with Crippen molar-refractivity contribution >= 4 is 11.6 Å². The number of rotatable bonds is 3. The molecule has 126 valence electrons. The molecule has 0 saturated carbocycles. The van der Waals surface area contributed by atoms with Gasteiger partial charge < -0.3 is 4.90 Å². The molecule has 2 heterocycles. The van der Waals surface area contributed by atoms with Gasteiger partial charge >= 0.3 is 0 Å². The second-order valence-electron chi connectivity index (χ2n) is 6.52. The highest BCUT2D eigenvalue weighted by Crippen LogP contribution is 2.33. The van der Waals surface area contributed by atoms with E-state index in [2.05, 4.69) is 42.2 Å². The van der Waals surface area contributed by atoms with E-state index >= 15 is 0 Å². The molecule has 1 aliphatic heterocycles. The number of nitrogens with zero attached hydrogens (tertiary/aromatic N) is 3. The fraction of sp³-hybridized carbons (Fsp3) is 0.136. The lowest BCUT2D eigenvalue weighted by atomic mass is 10.0. The van der Waals surface area contributed by atoms with Crippen LogP contribution in [0.4, 0.5) is 5.69 Å². The molecule has 3 aromatic rings. The summed E-state index contributed by atoms with van der Waals surface area (Å²) >= 11 is 0. The molecule has 4 heteroatoms. The average molecular weight is 339 g/mol. The van der Waals surface area contributed by atoms with Crippen molar-refractivity contribution < 1.29 is 4.79 Å². The van der Waals surface area contributed by atoms with E-state index in [0.717, 1.165) is 28.1 Å². The monoisotopic (exact) mass is 339 g/mol. The van der Waals surface area contributed by atoms with Gasteiger partial charge in [0.15, 0.2) is 0 Å². The summed E-state index contributed by atoms with van der Waals surface area (Å²) in [6, 6.07) is 19.8. The molecule has 26 heavy (non-hydrogen) atoms. The Kier molecular flexibility index (Phi) is 3.98. The summed E-state index contributed by atoms with van der Waals surface area (Å²) in [5.41, 5.74) is 6.60. The number of carbonyl (C=O) groups is 1. The second kappa shape index (κ2) is 6.45. The Morgan fingerprint density at radius 2 is 1.81 bits per heavy atom. The summed E-state index contributed by atoms with van der Waals surface area (Å²) < 4.78 is 0. The van der Waals surface area contributed by atoms with Crippen molar-refractivity contribution in [2.75, 3.05) is 4.90 Å². The van der Waals surface area contributed by atoms with E-state index in [0.29, 0.717) is 18.5 Å². The minimum Gasteiger partial charge on any atom is -0.306 e. The molecular formula is C22H17N3O. The zero-order chi connectivity index (χ0) is 18.1. The van der Waals surface area contributed by atoms with Crippen molar-refractivity contribution in [3.05, 3.63) is 83.2 Å². The van der Waals surface area contributed by atoms with E-state index < -0.39 is 0 Å². The molecule has 0 fully saturated rings. The van der Waals surface area contributed by atoms with Crippen LogP contribution in [0.2, 0.25) is 0 Å². The highest BCUT2D eigenvalue weighted by atomic mass is 16.2. The first-order valence-electron chi connectivity index (χ1n) is 8.49. The van der Waals surface area contributed by atoms with Crippen molar-refractivity contribution in [3.63, 3.8) is 0 Å². The minimum atomic E-state index is 0.0536. The molecule has 0 atom stereocenters. The van der Waals surface area contributed by atoms with Crippen LogP contribution in [0.25, 0.3) is 11.1 Å². The number of fused-ring (bicyclic) bond motifs is 1. The first kappa shape index (κ1) is 16.0. The van der Waals surface area contributed by atoms with Crippen LogP contribution in [0.1, 0.15) is 22.4 Å². The molecule has 0 aliphatic carbocycles. The predicted molar refractivity (Wildman–Crippen MR) is 100 cm³/mol. The fourth-order valence-electron chi connectivity index (χ4n) is 3.17. The molecular weight excluding hydrogens is 322 g/mol. The first-order valence-corrected chi connectivity index (χ1v) is 8.49. The molecule has 0 unspecified atom stereocenters. The Bertz CT molecular complexity index is 1010. The SMILES string of the molecule is Cc1ccc(-c2cnc3c(c2)N(Cc2ccc(C#N)cc2)C(=O)C3)cc1. The molecule has 1 aromatic heterocycles. The number of nitriles is 1. The van der Waals surface area contributed by atoms with E-state index in [1.165, 1.54) is 5.56 Å². The quantitative estimate of drug-likeness (QED) is 0.724. The summed E-state index contributed by atoms with van der Waals surface area (Å²) in [6.07, 6.45) is 2.17. The third-order valence-corrected chi connectivity index (χ3v) is 4.67. The van der Waals surface area contributed by atoms with Gasteiger partial charge in [0.05, 0.1) is 36.0 Å². The summed E-state index contributed by atoms with van der Waals surface area (Å²) in [4.78, 5) is 18.8. The number of carbonyl (C=O) groups excluding carboxylic acids is 1. The molecule has 1 amide bonds. The van der Waals surface area contributed by atoms with E-state index in [9.17, 15) is 4.79 Å². The van der Waals surface area contributed by atoms with Crippen LogP contribution in [0.3, 0.4) is 0 Å². The summed E-state index contributed by atoms with van der Waals surface area (Å²) in [7, 11) is 0. The third kappa shape index (κ3) is 2.96. The predicted octanol–water partition coefficient (Wildman–Crippen LogP) is 4.02. The van der Waals surface area contributed by atoms with Crippen LogP contribution in [0.15, 0.2) is 60.8 Å². The largest absolute Gasteiger partial charge is 0.306 e. The van der Waals surface area contributed by atoms with Gasteiger partial charge in [-0.15, -0.1) is 0 Å². The number of hydrogen-bond donors (Lipinski definition) is 0. The maximum absolute atomic E-state index is 12.5. The zero-order valence-electron chi connectivity index (χ0n) is 14.4. The van der Waals surface area contributed by atoms with Crippen molar-refractivity contribution in [2.45, 2.75) is 19.9 Å². The molecule has 0 radical (unpaired) electrons. The van der Waals surface area contributed by atoms with E-state index in [4.69, 9.17) is 5.26 Å². The lowest BCUT2D eigenvalue weighted by Gasteiger charge is -2.18. The molecule has 0 spiro atoms. The number of pyridine rings is 1. The van der Waals surface area contributed by atoms with Gasteiger partial charge in [-0.2, -0.15) is 5.26 Å². The first-order chi connectivity index (χ1) is 12.6. The lowest BCUT2D eigenvalue weighted by molar-refractivity contribution is -0.117. The van der Waals surface area contributed by atoms with Crippen LogP contribution >= 0.6 is 0 Å². The highest BCUT2D eigenvalue weighted by molar-refractivity contribution is 6.01. The molecule has 2 aromatic carbocycles. The van der Waals surface area contributed by atoms with Crippen molar-refractivity contribution in [1.29, 1.82) is 5.26 Å². The highest BCUT2D eigenvalue weighted by Gasteiger charge is 2.28. The van der Waals surface area contributed by atoms with Gasteiger partial charge in [-0.25, -0.2) is 0 Å². The number of aryl methyl sites for hydroxylation is 1. The Morgan fingerprint density at radius 1 is 1.08 bits per heavy atom. The minimum absolute atomic E-state index is 0.0536. The standard InChI is InChI=1S/C22H17N3O/c1-15-2-8-18(9-3-15)19-10-21-20(24-13-19)11-22(26)25(21)14-17-6-4-16(12-23)5-7-17/h2-10,13H,11,14H2,1H3. The van der Waals surface area contributed by atoms with Gasteiger partial charge in [-0.3, -0.25) is 9.78 Å². The fourth-order valence-corrected chi connectivity index (χ4v) is 3.17. The topological polar surface area (TPSA) is 57.0 Å². The van der Waals surface area contributed by atoms with Crippen LogP contribution in [0, 0.1) is 18.3 Å². The van der Waals surface area contributed by atoms with Gasteiger partial charge in [0.2, 0.25) is 5.91 Å². The Balaban J connectivity index is 1.66. The third-order valence-electron chi connectivity index (χ3n) is 4.67. The van der Waals surface area contributed by atoms with Gasteiger partial charge in [0.25, 0.3) is 0 Å². The van der Waals surface area contributed by atoms with Crippen molar-refractivity contribution in [2.24, 2.45) is 0 Å². The van der Waals surface area contributed by atoms with E-state index in [-0.39, 0.29) is 5.91 Å². The second-order valence-corrected chi connectivity index (χ2v) is 6.52. The number of aromatic nitrogens is 1. The van der Waals surface area contributed by atoms with E-state index in [1.807, 2.05) is 24.4 Å². The number of hydrogen-bond acceptors (Lipinski definition) is 3. The van der Waals surface area contributed by atoms with E-state index in [1.54, 1.807) is 17.0 Å². The summed E-state index contributed by atoms with van der Waals surface area (Å²) in [5, 5.41) is 8.92. The van der Waals surface area contributed by atoms with Crippen LogP contribution < -0.4 is 4.90 Å². The van der Waals surface area contributed by atoms with Gasteiger partial charge in [-0.1, -0.05) is 42.0 Å². The van der Waals surface area contributed by atoms with Gasteiger partial charge in [0, 0.05) is 11.8 Å². The van der Waals surface area contributed by atoms with Crippen LogP contribution in [-0.4, -0.2) is 10.9 Å². The normalized spacial score (nSPS) is 12.8. The Morgan fingerprint density at radius 3 is 2.50 bits per heavy atom. The van der Waals surface area contributed by atoms with Gasteiger partial charge in [0.1, 0.15) is 0 Å². The Hall–Kier alpha value is -3.45. The lowest BCUT2D eigenvalue weighted by Crippen LogP contribution is -2.26. The maximum Gasteiger partial charge on any atom is 0.233 e. The molecule has 4 rings (SSSR count). The van der Waals surface area contributed by atoms with Crippen LogP contribution in [0.5, 0.6) is 0 Å². The van der Waals surface area contributed by atoms with Crippen molar-refractivity contribution in [3.8, 4) is 17.2 Å². The zero-order valence-corrected chi connectivity index (χ0v) is 14.4. The molecule has 0 N–H and O–H groups in total. The molecule has 1 aliphatic rings. The number of benzene rings is 2.